The van der Waals surface area contributed by atoms with E-state index in [4.69, 9.17) is 0 Å². The van der Waals surface area contributed by atoms with Gasteiger partial charge in [0.15, 0.2) is 5.84 Å². The highest BCUT2D eigenvalue weighted by Crippen LogP contribution is 2.19. The summed E-state index contributed by atoms with van der Waals surface area (Å²) in [5.74, 6) is 0.628. The molecule has 1 aliphatic heterocycles. The fourth-order valence-electron chi connectivity index (χ4n) is 2.08. The fraction of sp³-hybridized carbons (Fsp3) is 0.118. The number of carbonyl (C=O) groups excluding carboxylic acids is 1. The minimum absolute atomic E-state index is 0.386. The molecular formula is C17H17N3O. The van der Waals surface area contributed by atoms with Gasteiger partial charge in [0.1, 0.15) is 5.84 Å². The first kappa shape index (κ1) is 14.7. The first-order valence-corrected chi connectivity index (χ1v) is 6.63. The molecule has 4 nitrogen and oxygen atoms in total. The first-order valence-electron chi connectivity index (χ1n) is 6.63. The van der Waals surface area contributed by atoms with Crippen LogP contribution in [0.1, 0.15) is 18.1 Å². The smallest absolute Gasteiger partial charge is 0.271 e. The van der Waals surface area contributed by atoms with Crippen molar-refractivity contribution in [3.05, 3.63) is 73.0 Å². The Hall–Kier alpha value is -2.75. The van der Waals surface area contributed by atoms with Crippen LogP contribution in [-0.2, 0) is 11.3 Å². The lowest BCUT2D eigenvalue weighted by atomic mass is 10.1. The normalized spacial score (nSPS) is 16.3. The van der Waals surface area contributed by atoms with Crippen LogP contribution in [0.3, 0.4) is 0 Å². The number of benzene rings is 1. The van der Waals surface area contributed by atoms with E-state index in [9.17, 15) is 4.79 Å². The molecule has 0 N–H and O–H groups in total. The molecule has 1 aliphatic rings. The van der Waals surface area contributed by atoms with Crippen LogP contribution in [0.15, 0.2) is 71.8 Å². The maximum absolute atomic E-state index is 11.6. The zero-order chi connectivity index (χ0) is 15.2. The third-order valence-electron chi connectivity index (χ3n) is 3.02. The van der Waals surface area contributed by atoms with E-state index < -0.39 is 5.91 Å². The first-order chi connectivity index (χ1) is 10.2. The summed E-state index contributed by atoms with van der Waals surface area (Å²) in [6.07, 6.45) is 6.68. The van der Waals surface area contributed by atoms with Gasteiger partial charge >= 0.3 is 0 Å². The lowest BCUT2D eigenvalue weighted by molar-refractivity contribution is -0.113. The molecule has 1 amide bonds. The minimum atomic E-state index is -0.411. The lowest BCUT2D eigenvalue weighted by Crippen LogP contribution is -2.22. The van der Waals surface area contributed by atoms with Gasteiger partial charge in [0.25, 0.3) is 5.91 Å². The van der Waals surface area contributed by atoms with Crippen LogP contribution in [-0.4, -0.2) is 22.5 Å². The van der Waals surface area contributed by atoms with Crippen molar-refractivity contribution in [1.82, 2.24) is 4.90 Å². The van der Waals surface area contributed by atoms with Gasteiger partial charge in [-0.1, -0.05) is 43.5 Å². The zero-order valence-corrected chi connectivity index (χ0v) is 12.0. The van der Waals surface area contributed by atoms with Gasteiger partial charge < -0.3 is 4.90 Å². The van der Waals surface area contributed by atoms with Crippen molar-refractivity contribution in [3.8, 4) is 0 Å². The second-order valence-corrected chi connectivity index (χ2v) is 4.42. The Labute approximate surface area is 124 Å². The van der Waals surface area contributed by atoms with Crippen molar-refractivity contribution < 1.29 is 4.79 Å². The largest absolute Gasteiger partial charge is 0.329 e. The van der Waals surface area contributed by atoms with E-state index in [-0.39, 0.29) is 0 Å². The van der Waals surface area contributed by atoms with Gasteiger partial charge in [-0.15, -0.1) is 0 Å². The predicted octanol–water partition coefficient (Wildman–Crippen LogP) is 3.08. The Morgan fingerprint density at radius 1 is 1.38 bits per heavy atom. The van der Waals surface area contributed by atoms with E-state index >= 15 is 0 Å². The summed E-state index contributed by atoms with van der Waals surface area (Å²) in [6, 6.07) is 7.77. The molecule has 4 heteroatoms. The Morgan fingerprint density at radius 3 is 2.81 bits per heavy atom. The van der Waals surface area contributed by atoms with Gasteiger partial charge in [-0.25, -0.2) is 4.99 Å². The summed E-state index contributed by atoms with van der Waals surface area (Å²) in [6.45, 7) is 9.81. The number of amides is 1. The van der Waals surface area contributed by atoms with Crippen molar-refractivity contribution in [3.63, 3.8) is 0 Å². The average molecular weight is 279 g/mol. The molecule has 0 aliphatic carbocycles. The number of amidine groups is 2. The van der Waals surface area contributed by atoms with Crippen molar-refractivity contribution in [2.75, 3.05) is 0 Å². The number of rotatable bonds is 3. The van der Waals surface area contributed by atoms with E-state index in [2.05, 4.69) is 23.1 Å². The van der Waals surface area contributed by atoms with Crippen molar-refractivity contribution in [2.45, 2.75) is 13.5 Å². The SMILES string of the molecule is C=CC(=O)N=C1N=C(C=C)N(/C=C\C)Cc2ccccc21. The van der Waals surface area contributed by atoms with E-state index in [1.54, 1.807) is 6.08 Å². The highest BCUT2D eigenvalue weighted by Gasteiger charge is 2.18. The van der Waals surface area contributed by atoms with Crippen molar-refractivity contribution in [1.29, 1.82) is 0 Å². The maximum Gasteiger partial charge on any atom is 0.271 e. The highest BCUT2D eigenvalue weighted by molar-refractivity contribution is 6.15. The monoisotopic (exact) mass is 279 g/mol. The summed E-state index contributed by atoms with van der Waals surface area (Å²) in [5.41, 5.74) is 1.89. The van der Waals surface area contributed by atoms with Gasteiger partial charge in [-0.3, -0.25) is 4.79 Å². The van der Waals surface area contributed by atoms with Crippen LogP contribution >= 0.6 is 0 Å². The molecule has 1 aromatic rings. The van der Waals surface area contributed by atoms with E-state index in [1.165, 1.54) is 6.08 Å². The molecule has 1 aromatic carbocycles. The molecule has 21 heavy (non-hydrogen) atoms. The fourth-order valence-corrected chi connectivity index (χ4v) is 2.08. The van der Waals surface area contributed by atoms with Gasteiger partial charge in [-0.05, 0) is 24.6 Å². The van der Waals surface area contributed by atoms with Crippen LogP contribution in [0.25, 0.3) is 0 Å². The number of allylic oxidation sites excluding steroid dienone is 1. The third-order valence-corrected chi connectivity index (χ3v) is 3.02. The zero-order valence-electron chi connectivity index (χ0n) is 12.0. The topological polar surface area (TPSA) is 45.0 Å². The summed E-state index contributed by atoms with van der Waals surface area (Å²) in [4.78, 5) is 22.0. The Balaban J connectivity index is 2.63. The number of fused-ring (bicyclic) bond motifs is 1. The van der Waals surface area contributed by atoms with Crippen LogP contribution in [0.2, 0.25) is 0 Å². The van der Waals surface area contributed by atoms with Crippen LogP contribution in [0, 0.1) is 0 Å². The second-order valence-electron chi connectivity index (χ2n) is 4.42. The summed E-state index contributed by atoms with van der Waals surface area (Å²) in [7, 11) is 0. The molecule has 2 rings (SSSR count). The highest BCUT2D eigenvalue weighted by atomic mass is 16.1. The maximum atomic E-state index is 11.6. The molecular weight excluding hydrogens is 262 g/mol. The number of nitrogens with zero attached hydrogens (tertiary/aromatic N) is 3. The van der Waals surface area contributed by atoms with Gasteiger partial charge in [-0.2, -0.15) is 4.99 Å². The number of hydrogen-bond donors (Lipinski definition) is 0. The Bertz CT molecular complexity index is 668. The molecule has 0 radical (unpaired) electrons. The number of hydrogen-bond acceptors (Lipinski definition) is 2. The van der Waals surface area contributed by atoms with Gasteiger partial charge in [0.2, 0.25) is 0 Å². The quantitative estimate of drug-likeness (QED) is 0.798. The van der Waals surface area contributed by atoms with E-state index in [0.717, 1.165) is 11.1 Å². The Morgan fingerprint density at radius 2 is 2.14 bits per heavy atom. The molecule has 0 fully saturated rings. The van der Waals surface area contributed by atoms with Gasteiger partial charge in [0, 0.05) is 18.3 Å². The standard InChI is InChI=1S/C17H17N3O/c1-4-11-20-12-13-9-7-8-10-14(13)17(18-15(20)5-2)19-16(21)6-3/h4-11H,2-3,12H2,1H3/b11-4-,19-17?. The number of aliphatic imine (C=N–C) groups is 2. The molecule has 0 saturated carbocycles. The molecule has 0 saturated heterocycles. The molecule has 1 heterocycles. The molecule has 106 valence electrons. The van der Waals surface area contributed by atoms with E-state index in [0.29, 0.717) is 18.2 Å². The molecule has 0 aromatic heterocycles. The summed E-state index contributed by atoms with van der Waals surface area (Å²) in [5, 5.41) is 0. The molecule has 0 atom stereocenters. The van der Waals surface area contributed by atoms with Crippen LogP contribution < -0.4 is 0 Å². The van der Waals surface area contributed by atoms with Gasteiger partial charge in [0.05, 0.1) is 0 Å². The Kier molecular flexibility index (Phi) is 4.61. The summed E-state index contributed by atoms with van der Waals surface area (Å²) < 4.78 is 0. The summed E-state index contributed by atoms with van der Waals surface area (Å²) >= 11 is 0. The average Bonchev–Trinajstić information content (AvgIpc) is 2.65. The van der Waals surface area contributed by atoms with Crippen LogP contribution in [0.5, 0.6) is 0 Å². The third kappa shape index (κ3) is 3.23. The molecule has 0 spiro atoms. The molecule has 0 bridgehead atoms. The second kappa shape index (κ2) is 6.61. The predicted molar refractivity (Wildman–Crippen MR) is 86.2 cm³/mol. The van der Waals surface area contributed by atoms with Crippen molar-refractivity contribution >= 4 is 17.6 Å². The van der Waals surface area contributed by atoms with E-state index in [1.807, 2.05) is 48.4 Å². The molecule has 0 unspecified atom stereocenters. The lowest BCUT2D eigenvalue weighted by Gasteiger charge is -2.18. The van der Waals surface area contributed by atoms with Crippen LogP contribution in [0.4, 0.5) is 0 Å². The minimum Gasteiger partial charge on any atom is -0.329 e. The van der Waals surface area contributed by atoms with Crippen molar-refractivity contribution in [2.24, 2.45) is 9.98 Å². The number of carbonyl (C=O) groups is 1.